The molecule has 0 radical (unpaired) electrons. The molecule has 0 saturated carbocycles. The van der Waals surface area contributed by atoms with Crippen LogP contribution in [0.1, 0.15) is 36.7 Å². The highest BCUT2D eigenvalue weighted by Crippen LogP contribution is 2.41. The summed E-state index contributed by atoms with van der Waals surface area (Å²) in [6.07, 6.45) is -2.97. The first-order valence-electron chi connectivity index (χ1n) is 9.17. The molecule has 5 nitrogen and oxygen atoms in total. The second-order valence-electron chi connectivity index (χ2n) is 7.14. The summed E-state index contributed by atoms with van der Waals surface area (Å²) in [7, 11) is -3.71. The lowest BCUT2D eigenvalue weighted by Gasteiger charge is -2.42. The van der Waals surface area contributed by atoms with Crippen molar-refractivity contribution in [1.29, 1.82) is 0 Å². The number of halogens is 5. The van der Waals surface area contributed by atoms with E-state index in [1.807, 2.05) is 0 Å². The van der Waals surface area contributed by atoms with Gasteiger partial charge in [0.2, 0.25) is 10.0 Å². The number of nitrogens with one attached hydrogen (secondary N) is 1. The van der Waals surface area contributed by atoms with Crippen LogP contribution in [-0.2, 0) is 16.4 Å². The maximum atomic E-state index is 15.2. The molecule has 1 aliphatic rings. The van der Waals surface area contributed by atoms with Gasteiger partial charge in [-0.3, -0.25) is 14.6 Å². The van der Waals surface area contributed by atoms with Gasteiger partial charge in [-0.2, -0.15) is 13.2 Å². The van der Waals surface area contributed by atoms with Crippen molar-refractivity contribution in [1.82, 2.24) is 9.88 Å². The van der Waals surface area contributed by atoms with Crippen molar-refractivity contribution < 1.29 is 26.0 Å². The Morgan fingerprint density at radius 1 is 1.27 bits per heavy atom. The van der Waals surface area contributed by atoms with Gasteiger partial charge in [-0.1, -0.05) is 6.07 Å². The average molecular weight is 510 g/mol. The largest absolute Gasteiger partial charge is 0.401 e. The van der Waals surface area contributed by atoms with E-state index in [1.165, 1.54) is 30.2 Å². The van der Waals surface area contributed by atoms with Gasteiger partial charge in [0.05, 0.1) is 29.7 Å². The average Bonchev–Trinajstić information content (AvgIpc) is 2.65. The molecule has 30 heavy (non-hydrogen) atoms. The number of hydrogen-bond acceptors (Lipinski definition) is 4. The van der Waals surface area contributed by atoms with Crippen molar-refractivity contribution >= 4 is 31.6 Å². The van der Waals surface area contributed by atoms with Crippen LogP contribution in [0.2, 0.25) is 0 Å². The van der Waals surface area contributed by atoms with Crippen LogP contribution in [0.25, 0.3) is 0 Å². The summed E-state index contributed by atoms with van der Waals surface area (Å²) in [6.45, 7) is 1.83. The van der Waals surface area contributed by atoms with Crippen LogP contribution in [0.3, 0.4) is 0 Å². The van der Waals surface area contributed by atoms with E-state index in [-0.39, 0.29) is 23.4 Å². The van der Waals surface area contributed by atoms with Crippen LogP contribution in [0.5, 0.6) is 0 Å². The first-order chi connectivity index (χ1) is 13.9. The molecule has 0 spiro atoms. The summed E-state index contributed by atoms with van der Waals surface area (Å²) in [6, 6.07) is 4.38. The second kappa shape index (κ2) is 8.43. The Bertz CT molecular complexity index is 1030. The van der Waals surface area contributed by atoms with Crippen LogP contribution in [0.4, 0.5) is 23.2 Å². The Labute approximate surface area is 180 Å². The SMILES string of the molecule is CCS(=O)(=O)Nc1ccc2c(c1F)C[C@@H](C)N(CC(F)(F)F)[C@@H]2c1ccc(Br)cn1. The van der Waals surface area contributed by atoms with Crippen molar-refractivity contribution in [3.8, 4) is 0 Å². The Hall–Kier alpha value is -1.72. The normalized spacial score (nSPS) is 20.1. The first-order valence-corrected chi connectivity index (χ1v) is 11.6. The molecule has 1 aromatic carbocycles. The van der Waals surface area contributed by atoms with E-state index in [0.29, 0.717) is 15.7 Å². The monoisotopic (exact) mass is 509 g/mol. The second-order valence-corrected chi connectivity index (χ2v) is 10.1. The molecule has 0 aliphatic carbocycles. The molecular weight excluding hydrogens is 490 g/mol. The number of alkyl halides is 3. The Morgan fingerprint density at radius 2 is 1.97 bits per heavy atom. The molecule has 164 valence electrons. The third-order valence-electron chi connectivity index (χ3n) is 5.01. The zero-order valence-corrected chi connectivity index (χ0v) is 18.6. The zero-order chi connectivity index (χ0) is 22.3. The van der Waals surface area contributed by atoms with Crippen molar-refractivity contribution in [2.75, 3.05) is 17.0 Å². The molecular formula is C19H20BrF4N3O2S. The summed E-state index contributed by atoms with van der Waals surface area (Å²) in [5, 5.41) is 0. The topological polar surface area (TPSA) is 62.3 Å². The molecule has 0 saturated heterocycles. The van der Waals surface area contributed by atoms with Crippen molar-refractivity contribution in [3.05, 3.63) is 57.6 Å². The molecule has 11 heteroatoms. The summed E-state index contributed by atoms with van der Waals surface area (Å²) in [5.74, 6) is -1.00. The highest BCUT2D eigenvalue weighted by molar-refractivity contribution is 9.10. The molecule has 0 bridgehead atoms. The maximum Gasteiger partial charge on any atom is 0.401 e. The minimum atomic E-state index is -4.45. The smallest absolute Gasteiger partial charge is 0.281 e. The van der Waals surface area contributed by atoms with Crippen molar-refractivity contribution in [2.24, 2.45) is 0 Å². The quantitative estimate of drug-likeness (QED) is 0.596. The number of anilines is 1. The van der Waals surface area contributed by atoms with Gasteiger partial charge in [0.1, 0.15) is 0 Å². The number of nitrogens with zero attached hydrogens (tertiary/aromatic N) is 2. The van der Waals surface area contributed by atoms with Crippen LogP contribution in [0, 0.1) is 5.82 Å². The third-order valence-corrected chi connectivity index (χ3v) is 6.77. The first kappa shape index (κ1) is 23.0. The minimum absolute atomic E-state index is 0.00592. The van der Waals surface area contributed by atoms with Gasteiger partial charge in [0, 0.05) is 16.7 Å². The Kier molecular flexibility index (Phi) is 6.45. The molecule has 1 aliphatic heterocycles. The lowest BCUT2D eigenvalue weighted by molar-refractivity contribution is -0.155. The summed E-state index contributed by atoms with van der Waals surface area (Å²) < 4.78 is 81.7. The molecule has 0 unspecified atom stereocenters. The Balaban J connectivity index is 2.14. The van der Waals surface area contributed by atoms with Crippen LogP contribution >= 0.6 is 15.9 Å². The molecule has 3 rings (SSSR count). The third kappa shape index (κ3) is 4.94. The van der Waals surface area contributed by atoms with Gasteiger partial charge >= 0.3 is 6.18 Å². The molecule has 0 fully saturated rings. The van der Waals surface area contributed by atoms with Crippen LogP contribution in [0.15, 0.2) is 34.9 Å². The fourth-order valence-corrected chi connectivity index (χ4v) is 4.47. The van der Waals surface area contributed by atoms with Crippen molar-refractivity contribution in [3.63, 3.8) is 0 Å². The lowest BCUT2D eigenvalue weighted by atomic mass is 9.86. The predicted molar refractivity (Wildman–Crippen MR) is 109 cm³/mol. The van der Waals surface area contributed by atoms with E-state index in [2.05, 4.69) is 25.6 Å². The number of rotatable bonds is 5. The fraction of sp³-hybridized carbons (Fsp3) is 0.421. The number of sulfonamides is 1. The van der Waals surface area contributed by atoms with Crippen LogP contribution < -0.4 is 4.72 Å². The summed E-state index contributed by atoms with van der Waals surface area (Å²) in [4.78, 5) is 5.49. The number of aromatic nitrogens is 1. The number of hydrogen-bond donors (Lipinski definition) is 1. The summed E-state index contributed by atoms with van der Waals surface area (Å²) >= 11 is 3.25. The molecule has 0 amide bonds. The van der Waals surface area contributed by atoms with Crippen molar-refractivity contribution in [2.45, 2.75) is 38.5 Å². The maximum absolute atomic E-state index is 15.2. The van der Waals surface area contributed by atoms with Gasteiger partial charge < -0.3 is 0 Å². The van der Waals surface area contributed by atoms with Crippen LogP contribution in [-0.4, -0.2) is 42.8 Å². The molecule has 2 heterocycles. The van der Waals surface area contributed by atoms with E-state index in [0.717, 1.165) is 0 Å². The van der Waals surface area contributed by atoms with Gasteiger partial charge in [0.15, 0.2) is 5.82 Å². The molecule has 2 atom stereocenters. The summed E-state index contributed by atoms with van der Waals surface area (Å²) in [5.41, 5.74) is 0.655. The van der Waals surface area contributed by atoms with E-state index in [9.17, 15) is 21.6 Å². The van der Waals surface area contributed by atoms with Gasteiger partial charge in [-0.05, 0) is 65.5 Å². The predicted octanol–water partition coefficient (Wildman–Crippen LogP) is 4.64. The van der Waals surface area contributed by atoms with E-state index in [1.54, 1.807) is 19.1 Å². The molecule has 1 N–H and O–H groups in total. The number of benzene rings is 1. The number of fused-ring (bicyclic) bond motifs is 1. The molecule has 2 aromatic rings. The highest BCUT2D eigenvalue weighted by atomic mass is 79.9. The fourth-order valence-electron chi connectivity index (χ4n) is 3.60. The lowest BCUT2D eigenvalue weighted by Crippen LogP contribution is -2.47. The highest BCUT2D eigenvalue weighted by Gasteiger charge is 2.42. The Morgan fingerprint density at radius 3 is 2.53 bits per heavy atom. The minimum Gasteiger partial charge on any atom is -0.281 e. The van der Waals surface area contributed by atoms with Gasteiger partial charge in [-0.15, -0.1) is 0 Å². The van der Waals surface area contributed by atoms with Gasteiger partial charge in [-0.25, -0.2) is 12.8 Å². The van der Waals surface area contributed by atoms with Gasteiger partial charge in [0.25, 0.3) is 0 Å². The number of pyridine rings is 1. The standard InChI is InChI=1S/C19H20BrF4N3O2S/c1-3-30(28,29)26-15-7-5-13-14(17(15)21)8-11(2)27(10-19(22,23)24)18(13)16-6-4-12(20)9-25-16/h4-7,9,11,18,26H,3,8,10H2,1-2H3/t11-,18+/m1/s1. The van der Waals surface area contributed by atoms with E-state index < -0.39 is 40.6 Å². The van der Waals surface area contributed by atoms with E-state index >= 15 is 4.39 Å². The van der Waals surface area contributed by atoms with E-state index in [4.69, 9.17) is 0 Å². The zero-order valence-electron chi connectivity index (χ0n) is 16.2. The molecule has 1 aromatic heterocycles.